The van der Waals surface area contributed by atoms with E-state index in [9.17, 15) is 9.59 Å². The van der Waals surface area contributed by atoms with Crippen LogP contribution < -0.4 is 10.6 Å². The van der Waals surface area contributed by atoms with Crippen molar-refractivity contribution in [2.75, 3.05) is 39.3 Å². The molecule has 0 saturated carbocycles. The third kappa shape index (κ3) is 6.17. The first kappa shape index (κ1) is 21.1. The molecular formula is C22H30N4O3. The van der Waals surface area contributed by atoms with E-state index in [-0.39, 0.29) is 30.4 Å². The fraction of sp³-hybridized carbons (Fsp3) is 0.455. The monoisotopic (exact) mass is 398 g/mol. The van der Waals surface area contributed by atoms with E-state index in [1.54, 1.807) is 6.26 Å². The van der Waals surface area contributed by atoms with Crippen molar-refractivity contribution < 1.29 is 14.0 Å². The maximum atomic E-state index is 12.7. The van der Waals surface area contributed by atoms with E-state index in [2.05, 4.69) is 15.5 Å². The molecule has 7 nitrogen and oxygen atoms in total. The Morgan fingerprint density at radius 3 is 2.38 bits per heavy atom. The van der Waals surface area contributed by atoms with Crippen molar-refractivity contribution >= 4 is 11.8 Å². The van der Waals surface area contributed by atoms with Gasteiger partial charge in [-0.25, -0.2) is 0 Å². The highest BCUT2D eigenvalue weighted by Gasteiger charge is 2.24. The third-order valence-corrected chi connectivity index (χ3v) is 4.96. The molecule has 0 radical (unpaired) electrons. The Bertz CT molecular complexity index is 769. The quantitative estimate of drug-likeness (QED) is 0.707. The number of carbonyl (C=O) groups excluding carboxylic acids is 2. The highest BCUT2D eigenvalue weighted by Crippen LogP contribution is 2.22. The minimum atomic E-state index is -0.170. The molecule has 0 aliphatic carbocycles. The summed E-state index contributed by atoms with van der Waals surface area (Å²) in [5, 5.41) is 6.24. The van der Waals surface area contributed by atoms with E-state index in [1.807, 2.05) is 61.2 Å². The first-order valence-corrected chi connectivity index (χ1v) is 10.1. The molecule has 2 aromatic rings. The Kier molecular flexibility index (Phi) is 7.43. The van der Waals surface area contributed by atoms with E-state index < -0.39 is 0 Å². The number of benzene rings is 1. The molecule has 29 heavy (non-hydrogen) atoms. The van der Waals surface area contributed by atoms with Crippen LogP contribution in [-0.4, -0.2) is 66.9 Å². The second-order valence-corrected chi connectivity index (χ2v) is 7.62. The van der Waals surface area contributed by atoms with E-state index in [1.165, 1.54) is 0 Å². The topological polar surface area (TPSA) is 77.8 Å². The number of hydrogen-bond acceptors (Lipinski definition) is 5. The minimum Gasteiger partial charge on any atom is -0.467 e. The maximum Gasteiger partial charge on any atom is 0.236 e. The maximum absolute atomic E-state index is 12.7. The molecule has 0 spiro atoms. The van der Waals surface area contributed by atoms with Crippen molar-refractivity contribution in [3.63, 3.8) is 0 Å². The zero-order valence-corrected chi connectivity index (χ0v) is 17.1. The van der Waals surface area contributed by atoms with Gasteiger partial charge in [0.2, 0.25) is 11.8 Å². The van der Waals surface area contributed by atoms with E-state index in [0.717, 1.165) is 11.3 Å². The largest absolute Gasteiger partial charge is 0.467 e. The standard InChI is InChI=1S/C22H30N4O3/c1-17(2)24-20(27)16-25-10-12-26(13-11-25)21(28)15-23-22(19-9-6-14-29-19)18-7-4-3-5-8-18/h3-9,14,17,22-23H,10-13,15-16H2,1-2H3,(H,24,27)/t22-/m0/s1. The predicted molar refractivity (Wildman–Crippen MR) is 111 cm³/mol. The number of hydrogen-bond donors (Lipinski definition) is 2. The smallest absolute Gasteiger partial charge is 0.236 e. The SMILES string of the molecule is CC(C)NC(=O)CN1CCN(C(=O)CN[C@@H](c2ccccc2)c2ccco2)CC1. The van der Waals surface area contributed by atoms with Gasteiger partial charge in [-0.15, -0.1) is 0 Å². The molecule has 2 heterocycles. The van der Waals surface area contributed by atoms with Crippen LogP contribution in [0.2, 0.25) is 0 Å². The van der Waals surface area contributed by atoms with Gasteiger partial charge in [0.1, 0.15) is 5.76 Å². The average molecular weight is 399 g/mol. The van der Waals surface area contributed by atoms with Crippen molar-refractivity contribution in [2.45, 2.75) is 25.9 Å². The average Bonchev–Trinajstić information content (AvgIpc) is 3.23. The molecule has 2 N–H and O–H groups in total. The Balaban J connectivity index is 1.49. The highest BCUT2D eigenvalue weighted by molar-refractivity contribution is 5.79. The van der Waals surface area contributed by atoms with Crippen LogP contribution in [0.25, 0.3) is 0 Å². The van der Waals surface area contributed by atoms with Gasteiger partial charge in [0.25, 0.3) is 0 Å². The zero-order chi connectivity index (χ0) is 20.6. The minimum absolute atomic E-state index is 0.0330. The summed E-state index contributed by atoms with van der Waals surface area (Å²) in [7, 11) is 0. The predicted octanol–water partition coefficient (Wildman–Crippen LogP) is 1.63. The fourth-order valence-electron chi connectivity index (χ4n) is 3.51. The van der Waals surface area contributed by atoms with E-state index in [0.29, 0.717) is 32.7 Å². The molecule has 0 unspecified atom stereocenters. The molecule has 1 aliphatic heterocycles. The molecule has 2 amide bonds. The van der Waals surface area contributed by atoms with Crippen LogP contribution >= 0.6 is 0 Å². The molecule has 7 heteroatoms. The Hall–Kier alpha value is -2.64. The van der Waals surface area contributed by atoms with Crippen molar-refractivity contribution in [2.24, 2.45) is 0 Å². The van der Waals surface area contributed by atoms with Crippen molar-refractivity contribution in [1.82, 2.24) is 20.4 Å². The molecule has 1 aromatic heterocycles. The Morgan fingerprint density at radius 2 is 1.76 bits per heavy atom. The van der Waals surface area contributed by atoms with Gasteiger partial charge >= 0.3 is 0 Å². The summed E-state index contributed by atoms with van der Waals surface area (Å²) >= 11 is 0. The van der Waals surface area contributed by atoms with Gasteiger partial charge in [-0.2, -0.15) is 0 Å². The van der Waals surface area contributed by atoms with Crippen LogP contribution in [0.5, 0.6) is 0 Å². The van der Waals surface area contributed by atoms with Gasteiger partial charge in [0, 0.05) is 32.2 Å². The van der Waals surface area contributed by atoms with Crippen molar-refractivity contribution in [3.8, 4) is 0 Å². The molecule has 1 fully saturated rings. The number of nitrogens with one attached hydrogen (secondary N) is 2. The summed E-state index contributed by atoms with van der Waals surface area (Å²) in [6, 6.07) is 13.7. The lowest BCUT2D eigenvalue weighted by atomic mass is 10.0. The summed E-state index contributed by atoms with van der Waals surface area (Å²) in [5.74, 6) is 0.874. The van der Waals surface area contributed by atoms with Gasteiger partial charge in [0.05, 0.1) is 25.4 Å². The van der Waals surface area contributed by atoms with Crippen LogP contribution in [0.3, 0.4) is 0 Å². The van der Waals surface area contributed by atoms with Crippen molar-refractivity contribution in [1.29, 1.82) is 0 Å². The van der Waals surface area contributed by atoms with Crippen LogP contribution in [0.4, 0.5) is 0 Å². The number of furan rings is 1. The van der Waals surface area contributed by atoms with Crippen LogP contribution in [0, 0.1) is 0 Å². The first-order chi connectivity index (χ1) is 14.0. The molecule has 156 valence electrons. The van der Waals surface area contributed by atoms with E-state index >= 15 is 0 Å². The summed E-state index contributed by atoms with van der Waals surface area (Å²) in [6.07, 6.45) is 1.64. The number of carbonyl (C=O) groups is 2. The summed E-state index contributed by atoms with van der Waals surface area (Å²) in [6.45, 7) is 7.19. The van der Waals surface area contributed by atoms with Gasteiger partial charge in [-0.1, -0.05) is 30.3 Å². The number of nitrogens with zero attached hydrogens (tertiary/aromatic N) is 2. The Labute approximate surface area is 172 Å². The van der Waals surface area contributed by atoms with Crippen molar-refractivity contribution in [3.05, 3.63) is 60.1 Å². The molecule has 1 saturated heterocycles. The van der Waals surface area contributed by atoms with Gasteiger partial charge in [-0.05, 0) is 31.5 Å². The van der Waals surface area contributed by atoms with Crippen LogP contribution in [0.15, 0.2) is 53.1 Å². The number of rotatable bonds is 8. The molecule has 0 bridgehead atoms. The summed E-state index contributed by atoms with van der Waals surface area (Å²) in [5.41, 5.74) is 1.05. The lowest BCUT2D eigenvalue weighted by Gasteiger charge is -2.34. The lowest BCUT2D eigenvalue weighted by molar-refractivity contribution is -0.132. The number of amides is 2. The van der Waals surface area contributed by atoms with Gasteiger partial charge in [-0.3, -0.25) is 19.8 Å². The summed E-state index contributed by atoms with van der Waals surface area (Å²) in [4.78, 5) is 28.6. The normalized spacial score (nSPS) is 16.0. The second-order valence-electron chi connectivity index (χ2n) is 7.62. The second kappa shape index (κ2) is 10.2. The molecule has 1 atom stereocenters. The van der Waals surface area contributed by atoms with Gasteiger partial charge < -0.3 is 14.6 Å². The highest BCUT2D eigenvalue weighted by atomic mass is 16.3. The third-order valence-electron chi connectivity index (χ3n) is 4.96. The lowest BCUT2D eigenvalue weighted by Crippen LogP contribution is -2.53. The fourth-order valence-corrected chi connectivity index (χ4v) is 3.51. The molecule has 1 aromatic carbocycles. The summed E-state index contributed by atoms with van der Waals surface area (Å²) < 4.78 is 5.57. The molecule has 1 aliphatic rings. The first-order valence-electron chi connectivity index (χ1n) is 10.1. The van der Waals surface area contributed by atoms with Gasteiger partial charge in [0.15, 0.2) is 0 Å². The molecule has 3 rings (SSSR count). The Morgan fingerprint density at radius 1 is 1.03 bits per heavy atom. The number of piperazine rings is 1. The zero-order valence-electron chi connectivity index (χ0n) is 17.1. The molecular weight excluding hydrogens is 368 g/mol. The van der Waals surface area contributed by atoms with Crippen LogP contribution in [-0.2, 0) is 9.59 Å². The van der Waals surface area contributed by atoms with E-state index in [4.69, 9.17) is 4.42 Å². The van der Waals surface area contributed by atoms with Crippen LogP contribution in [0.1, 0.15) is 31.2 Å².